The van der Waals surface area contributed by atoms with Gasteiger partial charge >= 0.3 is 0 Å². The van der Waals surface area contributed by atoms with Crippen molar-refractivity contribution in [2.75, 3.05) is 5.73 Å². The van der Waals surface area contributed by atoms with Gasteiger partial charge in [0.05, 0.1) is 0 Å². The molecule has 11 rings (SSSR count). The normalized spacial score (nSPS) is 11.8. The maximum atomic E-state index is 6.44. The molecule has 1 nitrogen and oxygen atoms in total. The molecule has 1 aliphatic rings. The molecular weight excluding hydrogens is 639 g/mol. The number of benzene rings is 10. The van der Waals surface area contributed by atoms with Crippen molar-refractivity contribution in [3.05, 3.63) is 188 Å². The Labute approximate surface area is 308 Å². The van der Waals surface area contributed by atoms with Crippen molar-refractivity contribution in [3.63, 3.8) is 0 Å². The van der Waals surface area contributed by atoms with Gasteiger partial charge in [-0.25, -0.2) is 0 Å². The molecule has 0 bridgehead atoms. The summed E-state index contributed by atoms with van der Waals surface area (Å²) in [6.45, 7) is 0. The number of hydrogen-bond acceptors (Lipinski definition) is 1. The number of nitrogen functional groups attached to an aromatic ring is 1. The summed E-state index contributed by atoms with van der Waals surface area (Å²) in [4.78, 5) is 0. The maximum Gasteiger partial charge on any atom is 0.0394 e. The zero-order valence-electron chi connectivity index (χ0n) is 29.0. The maximum absolute atomic E-state index is 6.44. The number of nitrogens with two attached hydrogens (primary N) is 1. The first-order chi connectivity index (χ1) is 26.3. The van der Waals surface area contributed by atoms with E-state index >= 15 is 0 Å². The molecule has 2 N–H and O–H groups in total. The average molecular weight is 672 g/mol. The average Bonchev–Trinajstić information content (AvgIpc) is 3.55. The van der Waals surface area contributed by atoms with E-state index in [4.69, 9.17) is 5.73 Å². The van der Waals surface area contributed by atoms with Gasteiger partial charge < -0.3 is 5.73 Å². The Bertz CT molecular complexity index is 3010. The molecule has 0 amide bonds. The Hall–Kier alpha value is -6.96. The fourth-order valence-corrected chi connectivity index (χ4v) is 9.17. The standard InChI is InChI=1S/C52H33N/c53-47-31-30-39(36-20-9-10-21-41(36)47)37-26-27-38(35-19-8-7-18-34(35)37)40-28-29-46-50-42(40)24-13-25-45(50)51-48(32-14-3-1-4-15-32)43-22-11-12-23-44(43)49(52(46)51)33-16-5-2-6-17-33/h1-31H,53H2. The predicted molar refractivity (Wildman–Crippen MR) is 227 cm³/mol. The topological polar surface area (TPSA) is 26.0 Å². The smallest absolute Gasteiger partial charge is 0.0394 e. The highest BCUT2D eigenvalue weighted by Crippen LogP contribution is 2.58. The van der Waals surface area contributed by atoms with E-state index in [2.05, 4.69) is 182 Å². The van der Waals surface area contributed by atoms with Gasteiger partial charge in [-0.1, -0.05) is 182 Å². The second-order valence-corrected chi connectivity index (χ2v) is 14.1. The highest BCUT2D eigenvalue weighted by Gasteiger charge is 2.31. The van der Waals surface area contributed by atoms with Crippen molar-refractivity contribution in [1.29, 1.82) is 0 Å². The Morgan fingerprint density at radius 3 is 1.11 bits per heavy atom. The van der Waals surface area contributed by atoms with Gasteiger partial charge in [0.1, 0.15) is 0 Å². The van der Waals surface area contributed by atoms with Crippen LogP contribution in [0.4, 0.5) is 5.69 Å². The van der Waals surface area contributed by atoms with Crippen LogP contribution in [0.2, 0.25) is 0 Å². The SMILES string of the molecule is Nc1ccc(-c2ccc(-c3ccc4c5c(cccc35)-c3c-4c(-c4ccccc4)c4ccccc4c3-c3ccccc3)c3ccccc23)c2ccccc12. The quantitative estimate of drug-likeness (QED) is 0.185. The fourth-order valence-electron chi connectivity index (χ4n) is 9.17. The number of anilines is 1. The van der Waals surface area contributed by atoms with Crippen LogP contribution in [0.3, 0.4) is 0 Å². The van der Waals surface area contributed by atoms with Crippen molar-refractivity contribution in [3.8, 4) is 66.8 Å². The Morgan fingerprint density at radius 2 is 0.585 bits per heavy atom. The third-order valence-electron chi connectivity index (χ3n) is 11.4. The minimum Gasteiger partial charge on any atom is -0.398 e. The molecule has 0 saturated carbocycles. The van der Waals surface area contributed by atoms with Crippen LogP contribution < -0.4 is 5.73 Å². The molecule has 0 spiro atoms. The molecule has 10 aromatic rings. The summed E-state index contributed by atoms with van der Waals surface area (Å²) in [5.41, 5.74) is 22.4. The molecule has 0 saturated heterocycles. The first-order valence-electron chi connectivity index (χ1n) is 18.3. The first kappa shape index (κ1) is 29.7. The molecule has 10 aromatic carbocycles. The second-order valence-electron chi connectivity index (χ2n) is 14.1. The van der Waals surface area contributed by atoms with Crippen LogP contribution >= 0.6 is 0 Å². The zero-order valence-corrected chi connectivity index (χ0v) is 29.0. The third-order valence-corrected chi connectivity index (χ3v) is 11.4. The van der Waals surface area contributed by atoms with E-state index in [1.54, 1.807) is 0 Å². The monoisotopic (exact) mass is 671 g/mol. The lowest BCUT2D eigenvalue weighted by molar-refractivity contribution is 1.62. The Kier molecular flexibility index (Phi) is 6.47. The Morgan fingerprint density at radius 1 is 0.226 bits per heavy atom. The first-order valence-corrected chi connectivity index (χ1v) is 18.3. The molecular formula is C52H33N. The van der Waals surface area contributed by atoms with Gasteiger partial charge in [-0.15, -0.1) is 0 Å². The van der Waals surface area contributed by atoms with Crippen LogP contribution in [0, 0.1) is 0 Å². The zero-order chi connectivity index (χ0) is 35.0. The number of hydrogen-bond donors (Lipinski definition) is 1. The molecule has 246 valence electrons. The van der Waals surface area contributed by atoms with Gasteiger partial charge in [0.15, 0.2) is 0 Å². The van der Waals surface area contributed by atoms with Crippen molar-refractivity contribution in [2.24, 2.45) is 0 Å². The van der Waals surface area contributed by atoms with Crippen molar-refractivity contribution in [1.82, 2.24) is 0 Å². The number of rotatable bonds is 4. The largest absolute Gasteiger partial charge is 0.398 e. The summed E-state index contributed by atoms with van der Waals surface area (Å²) >= 11 is 0. The van der Waals surface area contributed by atoms with E-state index < -0.39 is 0 Å². The van der Waals surface area contributed by atoms with E-state index in [-0.39, 0.29) is 0 Å². The summed E-state index contributed by atoms with van der Waals surface area (Å²) in [7, 11) is 0. The summed E-state index contributed by atoms with van der Waals surface area (Å²) in [6, 6.07) is 68.7. The van der Waals surface area contributed by atoms with Crippen LogP contribution in [-0.4, -0.2) is 0 Å². The Balaban J connectivity index is 1.21. The second kappa shape index (κ2) is 11.5. The van der Waals surface area contributed by atoms with E-state index in [1.165, 1.54) is 104 Å². The lowest BCUT2D eigenvalue weighted by Crippen LogP contribution is -1.93. The molecule has 0 radical (unpaired) electrons. The van der Waals surface area contributed by atoms with Crippen LogP contribution in [-0.2, 0) is 0 Å². The minimum atomic E-state index is 0.804. The van der Waals surface area contributed by atoms with Gasteiger partial charge in [0.2, 0.25) is 0 Å². The van der Waals surface area contributed by atoms with Crippen LogP contribution in [0.5, 0.6) is 0 Å². The van der Waals surface area contributed by atoms with Gasteiger partial charge in [-0.05, 0) is 111 Å². The molecule has 1 heteroatoms. The highest BCUT2D eigenvalue weighted by atomic mass is 14.5. The molecule has 0 aliphatic heterocycles. The lowest BCUT2D eigenvalue weighted by atomic mass is 9.82. The summed E-state index contributed by atoms with van der Waals surface area (Å²) in [6.07, 6.45) is 0. The minimum absolute atomic E-state index is 0.804. The van der Waals surface area contributed by atoms with Gasteiger partial charge in [0.25, 0.3) is 0 Å². The summed E-state index contributed by atoms with van der Waals surface area (Å²) < 4.78 is 0. The van der Waals surface area contributed by atoms with Gasteiger partial charge in [0, 0.05) is 11.1 Å². The van der Waals surface area contributed by atoms with E-state index in [0.29, 0.717) is 0 Å². The van der Waals surface area contributed by atoms with Gasteiger partial charge in [-0.2, -0.15) is 0 Å². The van der Waals surface area contributed by atoms with Gasteiger partial charge in [-0.3, -0.25) is 0 Å². The van der Waals surface area contributed by atoms with E-state index in [1.807, 2.05) is 6.07 Å². The molecule has 0 heterocycles. The van der Waals surface area contributed by atoms with Crippen molar-refractivity contribution >= 4 is 48.8 Å². The molecule has 0 aromatic heterocycles. The number of fused-ring (bicyclic) bond motifs is 6. The molecule has 0 atom stereocenters. The fraction of sp³-hybridized carbons (Fsp3) is 0. The van der Waals surface area contributed by atoms with E-state index in [9.17, 15) is 0 Å². The molecule has 0 unspecified atom stereocenters. The summed E-state index contributed by atoms with van der Waals surface area (Å²) in [5.74, 6) is 0. The van der Waals surface area contributed by atoms with Crippen LogP contribution in [0.1, 0.15) is 0 Å². The molecule has 1 aliphatic carbocycles. The van der Waals surface area contributed by atoms with Crippen molar-refractivity contribution < 1.29 is 0 Å². The predicted octanol–water partition coefficient (Wildman–Crippen LogP) is 14.2. The van der Waals surface area contributed by atoms with Crippen LogP contribution in [0.25, 0.3) is 110 Å². The van der Waals surface area contributed by atoms with Crippen molar-refractivity contribution in [2.45, 2.75) is 0 Å². The highest BCUT2D eigenvalue weighted by molar-refractivity contribution is 6.29. The third kappa shape index (κ3) is 4.32. The van der Waals surface area contributed by atoms with Crippen LogP contribution in [0.15, 0.2) is 188 Å². The molecule has 0 fully saturated rings. The summed E-state index contributed by atoms with van der Waals surface area (Å²) in [5, 5.41) is 9.87. The van der Waals surface area contributed by atoms with E-state index in [0.717, 1.165) is 11.1 Å². The lowest BCUT2D eigenvalue weighted by Gasteiger charge is -2.20. The molecule has 53 heavy (non-hydrogen) atoms.